The van der Waals surface area contributed by atoms with Gasteiger partial charge in [-0.15, -0.1) is 0 Å². The quantitative estimate of drug-likeness (QED) is 0.171. The summed E-state index contributed by atoms with van der Waals surface area (Å²) in [5, 5.41) is 24.3. The molecule has 1 amide bonds. The largest absolute Gasteiger partial charge is 0.508 e. The molecule has 1 unspecified atom stereocenters. The van der Waals surface area contributed by atoms with E-state index in [2.05, 4.69) is 19.2 Å². The average molecular weight is 470 g/mol. The van der Waals surface area contributed by atoms with Gasteiger partial charge in [-0.2, -0.15) is 0 Å². The number of benzene rings is 2. The highest BCUT2D eigenvalue weighted by Crippen LogP contribution is 2.39. The Hall–Kier alpha value is -2.57. The molecule has 2 aromatic carbocycles. The van der Waals surface area contributed by atoms with Crippen LogP contribution in [0.3, 0.4) is 0 Å². The van der Waals surface area contributed by atoms with Crippen molar-refractivity contribution in [3.8, 4) is 22.6 Å². The van der Waals surface area contributed by atoms with Gasteiger partial charge in [-0.1, -0.05) is 52.0 Å². The zero-order valence-electron chi connectivity index (χ0n) is 20.9. The second-order valence-corrected chi connectivity index (χ2v) is 9.18. The molecule has 0 fully saturated rings. The fraction of sp³-hybridized carbons (Fsp3) is 0.536. The maximum absolute atomic E-state index is 12.7. The minimum atomic E-state index is -0.656. The summed E-state index contributed by atoms with van der Waals surface area (Å²) < 4.78 is 0. The van der Waals surface area contributed by atoms with Crippen LogP contribution in [-0.2, 0) is 17.6 Å². The Morgan fingerprint density at radius 2 is 1.65 bits per heavy atom. The van der Waals surface area contributed by atoms with Crippen LogP contribution in [0.25, 0.3) is 11.1 Å². The Labute approximate surface area is 204 Å². The minimum Gasteiger partial charge on any atom is -0.508 e. The fourth-order valence-corrected chi connectivity index (χ4v) is 4.12. The van der Waals surface area contributed by atoms with Crippen LogP contribution in [0.15, 0.2) is 30.3 Å². The summed E-state index contributed by atoms with van der Waals surface area (Å²) >= 11 is 0. The molecule has 0 heterocycles. The van der Waals surface area contributed by atoms with Gasteiger partial charge in [-0.05, 0) is 86.0 Å². The lowest BCUT2D eigenvalue weighted by Gasteiger charge is -2.17. The van der Waals surface area contributed by atoms with Crippen molar-refractivity contribution < 1.29 is 15.0 Å². The molecule has 34 heavy (non-hydrogen) atoms. The lowest BCUT2D eigenvalue weighted by Crippen LogP contribution is -2.35. The van der Waals surface area contributed by atoms with Crippen LogP contribution in [0, 0.1) is 0 Å². The maximum atomic E-state index is 12.7. The lowest BCUT2D eigenvalue weighted by atomic mass is 9.95. The molecule has 0 saturated heterocycles. The van der Waals surface area contributed by atoms with Gasteiger partial charge in [-0.3, -0.25) is 4.79 Å². The van der Waals surface area contributed by atoms with E-state index < -0.39 is 6.04 Å². The second-order valence-electron chi connectivity index (χ2n) is 9.18. The van der Waals surface area contributed by atoms with Gasteiger partial charge in [0.1, 0.15) is 11.5 Å². The van der Waals surface area contributed by atoms with Gasteiger partial charge < -0.3 is 27.0 Å². The van der Waals surface area contributed by atoms with Gasteiger partial charge in [0, 0.05) is 5.56 Å². The first kappa shape index (κ1) is 27.7. The first-order valence-electron chi connectivity index (χ1n) is 12.9. The number of unbranched alkanes of at least 4 members (excludes halogenated alkanes) is 5. The van der Waals surface area contributed by atoms with Crippen LogP contribution < -0.4 is 16.8 Å². The lowest BCUT2D eigenvalue weighted by molar-refractivity contribution is -0.117. The van der Waals surface area contributed by atoms with Gasteiger partial charge in [0.15, 0.2) is 0 Å². The molecule has 1 atom stereocenters. The molecule has 0 spiro atoms. The predicted molar refractivity (Wildman–Crippen MR) is 141 cm³/mol. The summed E-state index contributed by atoms with van der Waals surface area (Å²) in [5.74, 6) is -0.0164. The highest BCUT2D eigenvalue weighted by Gasteiger charge is 2.18. The van der Waals surface area contributed by atoms with Crippen LogP contribution in [-0.4, -0.2) is 28.7 Å². The number of nitrogens with two attached hydrogens (primary N) is 2. The van der Waals surface area contributed by atoms with Crippen molar-refractivity contribution in [1.29, 1.82) is 0 Å². The number of rotatable bonds is 15. The van der Waals surface area contributed by atoms with Crippen LogP contribution in [0.2, 0.25) is 0 Å². The van der Waals surface area contributed by atoms with E-state index in [4.69, 9.17) is 11.5 Å². The van der Waals surface area contributed by atoms with Crippen LogP contribution in [0.5, 0.6) is 11.5 Å². The smallest absolute Gasteiger partial charge is 0.241 e. The van der Waals surface area contributed by atoms with Crippen molar-refractivity contribution in [3.05, 3.63) is 41.5 Å². The normalized spacial score (nSPS) is 12.0. The van der Waals surface area contributed by atoms with Gasteiger partial charge in [0.2, 0.25) is 5.91 Å². The number of hydrogen-bond acceptors (Lipinski definition) is 5. The summed E-state index contributed by atoms with van der Waals surface area (Å²) in [4.78, 5) is 12.7. The van der Waals surface area contributed by atoms with E-state index in [0.29, 0.717) is 24.2 Å². The summed E-state index contributed by atoms with van der Waals surface area (Å²) in [6.07, 6.45) is 10.3. The first-order chi connectivity index (χ1) is 16.4. The van der Waals surface area contributed by atoms with Gasteiger partial charge in [0.25, 0.3) is 0 Å². The van der Waals surface area contributed by atoms with E-state index in [1.54, 1.807) is 6.07 Å². The molecule has 0 aliphatic heterocycles. The van der Waals surface area contributed by atoms with Crippen molar-refractivity contribution in [2.24, 2.45) is 11.5 Å². The number of phenolic OH excluding ortho intramolecular Hbond substituents is 2. The van der Waals surface area contributed by atoms with Crippen molar-refractivity contribution in [1.82, 2.24) is 0 Å². The maximum Gasteiger partial charge on any atom is 0.241 e. The molecule has 0 bridgehead atoms. The molecule has 6 heteroatoms. The van der Waals surface area contributed by atoms with Crippen LogP contribution in [0.1, 0.15) is 82.8 Å². The van der Waals surface area contributed by atoms with Crippen LogP contribution >= 0.6 is 0 Å². The molecule has 0 radical (unpaired) electrons. The molecule has 0 aliphatic rings. The number of aromatic hydroxyl groups is 2. The Bertz CT molecular complexity index is 914. The fourth-order valence-electron chi connectivity index (χ4n) is 4.12. The van der Waals surface area contributed by atoms with Crippen molar-refractivity contribution >= 4 is 11.6 Å². The van der Waals surface area contributed by atoms with Gasteiger partial charge in [0.05, 0.1) is 11.7 Å². The van der Waals surface area contributed by atoms with E-state index in [9.17, 15) is 15.0 Å². The molecular weight excluding hydrogens is 426 g/mol. The second kappa shape index (κ2) is 14.6. The molecule has 2 aromatic rings. The van der Waals surface area contributed by atoms with Crippen molar-refractivity contribution in [2.75, 3.05) is 11.9 Å². The van der Waals surface area contributed by atoms with Gasteiger partial charge >= 0.3 is 0 Å². The Kier molecular flexibility index (Phi) is 11.9. The highest BCUT2D eigenvalue weighted by molar-refractivity contribution is 5.97. The molecule has 0 aromatic heterocycles. The number of aryl methyl sites for hydroxylation is 2. The third kappa shape index (κ3) is 8.33. The molecule has 6 nitrogen and oxygen atoms in total. The highest BCUT2D eigenvalue weighted by atomic mass is 16.3. The Balaban J connectivity index is 2.36. The van der Waals surface area contributed by atoms with Crippen molar-refractivity contribution in [2.45, 2.75) is 90.5 Å². The van der Waals surface area contributed by atoms with E-state index in [0.717, 1.165) is 80.9 Å². The van der Waals surface area contributed by atoms with E-state index in [1.165, 1.54) is 0 Å². The molecule has 0 aliphatic carbocycles. The molecule has 2 rings (SSSR count). The number of anilines is 1. The average Bonchev–Trinajstić information content (AvgIpc) is 2.82. The monoisotopic (exact) mass is 469 g/mol. The minimum absolute atomic E-state index is 0.0203. The van der Waals surface area contributed by atoms with Crippen LogP contribution in [0.4, 0.5) is 5.69 Å². The zero-order chi connectivity index (χ0) is 24.9. The number of hydrogen-bond donors (Lipinski definition) is 5. The Morgan fingerprint density at radius 3 is 2.32 bits per heavy atom. The summed E-state index contributed by atoms with van der Waals surface area (Å²) in [5.41, 5.74) is 15.4. The van der Waals surface area contributed by atoms with Crippen molar-refractivity contribution in [3.63, 3.8) is 0 Å². The van der Waals surface area contributed by atoms with E-state index in [-0.39, 0.29) is 17.4 Å². The van der Waals surface area contributed by atoms with E-state index >= 15 is 0 Å². The standard InChI is InChI=1S/C28H43N3O3/c1-3-5-7-11-20-17-23(21-14-15-26(32)22(19-21)12-8-6-4-2)27(33)25(18-20)31-28(34)24(30)13-9-10-16-29/h14-15,17-19,24,32-33H,3-13,16,29-30H2,1-2H3,(H,31,34). The predicted octanol–water partition coefficient (Wildman–Crippen LogP) is 5.63. The third-order valence-electron chi connectivity index (χ3n) is 6.24. The summed E-state index contributed by atoms with van der Waals surface area (Å²) in [6, 6.07) is 8.63. The topological polar surface area (TPSA) is 122 Å². The summed E-state index contributed by atoms with van der Waals surface area (Å²) in [6.45, 7) is 4.89. The Morgan fingerprint density at radius 1 is 0.941 bits per heavy atom. The third-order valence-corrected chi connectivity index (χ3v) is 6.24. The van der Waals surface area contributed by atoms with Gasteiger partial charge in [-0.25, -0.2) is 0 Å². The molecule has 7 N–H and O–H groups in total. The number of carbonyl (C=O) groups excluding carboxylic acids is 1. The molecular formula is C28H43N3O3. The molecule has 0 saturated carbocycles. The van der Waals surface area contributed by atoms with E-state index in [1.807, 2.05) is 24.3 Å². The SMILES string of the molecule is CCCCCc1cc(NC(=O)C(N)CCCCN)c(O)c(-c2ccc(O)c(CCCCC)c2)c1. The summed E-state index contributed by atoms with van der Waals surface area (Å²) in [7, 11) is 0. The number of carbonyl (C=O) groups is 1. The molecule has 188 valence electrons. The number of phenols is 2. The number of nitrogens with one attached hydrogen (secondary N) is 1. The zero-order valence-corrected chi connectivity index (χ0v) is 20.9. The number of amides is 1. The first-order valence-corrected chi connectivity index (χ1v) is 12.9.